The van der Waals surface area contributed by atoms with Crippen molar-refractivity contribution >= 4 is 0 Å². The molecule has 22 heavy (non-hydrogen) atoms. The van der Waals surface area contributed by atoms with Crippen molar-refractivity contribution in [1.82, 2.24) is 10.6 Å². The molecular weight excluding hydrogens is 276 g/mol. The van der Waals surface area contributed by atoms with Crippen molar-refractivity contribution in [1.29, 1.82) is 0 Å². The SMILES string of the molecule is Cc1cccc(OCCNC2CCCC2C2COCCN2)c1. The molecule has 4 heteroatoms. The van der Waals surface area contributed by atoms with E-state index in [2.05, 4.69) is 29.7 Å². The topological polar surface area (TPSA) is 42.5 Å². The fourth-order valence-corrected chi connectivity index (χ4v) is 3.70. The molecule has 1 aliphatic heterocycles. The molecule has 1 heterocycles. The summed E-state index contributed by atoms with van der Waals surface area (Å²) in [6.45, 7) is 6.43. The number of benzene rings is 1. The Morgan fingerprint density at radius 1 is 1.36 bits per heavy atom. The summed E-state index contributed by atoms with van der Waals surface area (Å²) in [6, 6.07) is 9.36. The first kappa shape index (κ1) is 15.8. The molecule has 0 amide bonds. The Kier molecular flexibility index (Phi) is 5.70. The van der Waals surface area contributed by atoms with Crippen LogP contribution in [0.2, 0.25) is 0 Å². The van der Waals surface area contributed by atoms with Gasteiger partial charge in [0, 0.05) is 25.2 Å². The highest BCUT2D eigenvalue weighted by atomic mass is 16.5. The summed E-state index contributed by atoms with van der Waals surface area (Å²) in [4.78, 5) is 0. The highest BCUT2D eigenvalue weighted by molar-refractivity contribution is 5.27. The molecule has 1 aromatic carbocycles. The van der Waals surface area contributed by atoms with Gasteiger partial charge in [-0.25, -0.2) is 0 Å². The summed E-state index contributed by atoms with van der Waals surface area (Å²) >= 11 is 0. The van der Waals surface area contributed by atoms with Crippen LogP contribution >= 0.6 is 0 Å². The Balaban J connectivity index is 1.40. The van der Waals surface area contributed by atoms with Gasteiger partial charge in [-0.1, -0.05) is 18.6 Å². The Hall–Kier alpha value is -1.10. The minimum absolute atomic E-state index is 0.520. The molecule has 4 nitrogen and oxygen atoms in total. The van der Waals surface area contributed by atoms with Gasteiger partial charge < -0.3 is 20.1 Å². The lowest BCUT2D eigenvalue weighted by molar-refractivity contribution is 0.0523. The molecule has 1 aliphatic carbocycles. The van der Waals surface area contributed by atoms with Crippen molar-refractivity contribution in [2.45, 2.75) is 38.3 Å². The van der Waals surface area contributed by atoms with E-state index in [-0.39, 0.29) is 0 Å². The molecule has 2 N–H and O–H groups in total. The van der Waals surface area contributed by atoms with E-state index in [1.54, 1.807) is 0 Å². The molecule has 2 aliphatic rings. The molecule has 0 spiro atoms. The van der Waals surface area contributed by atoms with Gasteiger partial charge in [-0.05, 0) is 43.4 Å². The highest BCUT2D eigenvalue weighted by Crippen LogP contribution is 2.29. The van der Waals surface area contributed by atoms with Gasteiger partial charge in [0.2, 0.25) is 0 Å². The standard InChI is InChI=1S/C18H28N2O2/c1-14-4-2-5-15(12-14)22-11-9-19-17-7-3-6-16(17)18-13-21-10-8-20-18/h2,4-5,12,16-20H,3,6-11,13H2,1H3. The fraction of sp³-hybridized carbons (Fsp3) is 0.667. The van der Waals surface area contributed by atoms with Gasteiger partial charge in [0.1, 0.15) is 12.4 Å². The van der Waals surface area contributed by atoms with E-state index in [9.17, 15) is 0 Å². The van der Waals surface area contributed by atoms with Crippen molar-refractivity contribution in [3.63, 3.8) is 0 Å². The van der Waals surface area contributed by atoms with E-state index in [0.717, 1.165) is 38.7 Å². The van der Waals surface area contributed by atoms with Gasteiger partial charge in [0.25, 0.3) is 0 Å². The van der Waals surface area contributed by atoms with Crippen LogP contribution in [0, 0.1) is 12.8 Å². The van der Waals surface area contributed by atoms with E-state index in [0.29, 0.717) is 18.0 Å². The number of hydrogen-bond acceptors (Lipinski definition) is 4. The zero-order valence-electron chi connectivity index (χ0n) is 13.5. The van der Waals surface area contributed by atoms with Crippen LogP contribution in [0.3, 0.4) is 0 Å². The molecule has 3 rings (SSSR count). The van der Waals surface area contributed by atoms with Crippen LogP contribution in [0.5, 0.6) is 5.75 Å². The van der Waals surface area contributed by atoms with Gasteiger partial charge in [-0.2, -0.15) is 0 Å². The minimum Gasteiger partial charge on any atom is -0.492 e. The average Bonchev–Trinajstić information content (AvgIpc) is 3.01. The molecule has 3 atom stereocenters. The van der Waals surface area contributed by atoms with Crippen LogP contribution in [-0.2, 0) is 4.74 Å². The highest BCUT2D eigenvalue weighted by Gasteiger charge is 2.34. The molecule has 1 saturated carbocycles. The van der Waals surface area contributed by atoms with Crippen LogP contribution in [-0.4, -0.2) is 45.0 Å². The lowest BCUT2D eigenvalue weighted by atomic mass is 9.94. The summed E-state index contributed by atoms with van der Waals surface area (Å²) in [5.74, 6) is 1.66. The second-order valence-electron chi connectivity index (χ2n) is 6.46. The summed E-state index contributed by atoms with van der Waals surface area (Å²) in [5.41, 5.74) is 1.24. The van der Waals surface area contributed by atoms with E-state index < -0.39 is 0 Å². The van der Waals surface area contributed by atoms with E-state index in [4.69, 9.17) is 9.47 Å². The summed E-state index contributed by atoms with van der Waals surface area (Å²) in [6.07, 6.45) is 3.89. The van der Waals surface area contributed by atoms with Crippen molar-refractivity contribution in [2.75, 3.05) is 32.9 Å². The number of ether oxygens (including phenoxy) is 2. The quantitative estimate of drug-likeness (QED) is 0.790. The van der Waals surface area contributed by atoms with E-state index in [1.807, 2.05) is 12.1 Å². The molecule has 0 bridgehead atoms. The largest absolute Gasteiger partial charge is 0.492 e. The average molecular weight is 304 g/mol. The van der Waals surface area contributed by atoms with Gasteiger partial charge in [0.15, 0.2) is 0 Å². The monoisotopic (exact) mass is 304 g/mol. The fourth-order valence-electron chi connectivity index (χ4n) is 3.70. The molecule has 122 valence electrons. The second kappa shape index (κ2) is 7.95. The van der Waals surface area contributed by atoms with Crippen molar-refractivity contribution in [2.24, 2.45) is 5.92 Å². The maximum atomic E-state index is 5.82. The zero-order chi connectivity index (χ0) is 15.2. The van der Waals surface area contributed by atoms with Gasteiger partial charge >= 0.3 is 0 Å². The van der Waals surface area contributed by atoms with Crippen LogP contribution in [0.15, 0.2) is 24.3 Å². The number of aryl methyl sites for hydroxylation is 1. The summed E-state index contributed by atoms with van der Waals surface area (Å²) in [5, 5.41) is 7.31. The maximum Gasteiger partial charge on any atom is 0.119 e. The molecule has 2 fully saturated rings. The van der Waals surface area contributed by atoms with Crippen LogP contribution in [0.4, 0.5) is 0 Å². The first-order valence-electron chi connectivity index (χ1n) is 8.57. The summed E-state index contributed by atoms with van der Waals surface area (Å²) in [7, 11) is 0. The maximum absolute atomic E-state index is 5.82. The Morgan fingerprint density at radius 2 is 2.32 bits per heavy atom. The number of rotatable bonds is 6. The predicted octanol–water partition coefficient (Wildman–Crippen LogP) is 2.12. The summed E-state index contributed by atoms with van der Waals surface area (Å²) < 4.78 is 11.4. The smallest absolute Gasteiger partial charge is 0.119 e. The van der Waals surface area contributed by atoms with Crippen LogP contribution in [0.1, 0.15) is 24.8 Å². The Bertz CT molecular complexity index is 460. The third-order valence-electron chi connectivity index (χ3n) is 4.80. The molecule has 0 aromatic heterocycles. The lowest BCUT2D eigenvalue weighted by Gasteiger charge is -2.33. The normalized spacial score (nSPS) is 28.7. The van der Waals surface area contributed by atoms with Gasteiger partial charge in [-0.3, -0.25) is 0 Å². The second-order valence-corrected chi connectivity index (χ2v) is 6.46. The van der Waals surface area contributed by atoms with E-state index >= 15 is 0 Å². The Labute approximate surface area is 133 Å². The minimum atomic E-state index is 0.520. The number of hydrogen-bond donors (Lipinski definition) is 2. The first-order chi connectivity index (χ1) is 10.8. The molecular formula is C18H28N2O2. The molecule has 1 saturated heterocycles. The van der Waals surface area contributed by atoms with Crippen molar-refractivity contribution < 1.29 is 9.47 Å². The zero-order valence-corrected chi connectivity index (χ0v) is 13.5. The third kappa shape index (κ3) is 4.22. The molecule has 1 aromatic rings. The Morgan fingerprint density at radius 3 is 3.14 bits per heavy atom. The van der Waals surface area contributed by atoms with Gasteiger partial charge in [-0.15, -0.1) is 0 Å². The van der Waals surface area contributed by atoms with E-state index in [1.165, 1.54) is 24.8 Å². The number of nitrogens with one attached hydrogen (secondary N) is 2. The van der Waals surface area contributed by atoms with Crippen LogP contribution < -0.4 is 15.4 Å². The molecule has 3 unspecified atom stereocenters. The lowest BCUT2D eigenvalue weighted by Crippen LogP contribution is -2.51. The number of morpholine rings is 1. The van der Waals surface area contributed by atoms with Crippen molar-refractivity contribution in [3.05, 3.63) is 29.8 Å². The third-order valence-corrected chi connectivity index (χ3v) is 4.80. The first-order valence-corrected chi connectivity index (χ1v) is 8.57. The van der Waals surface area contributed by atoms with Crippen LogP contribution in [0.25, 0.3) is 0 Å². The van der Waals surface area contributed by atoms with Crippen molar-refractivity contribution in [3.8, 4) is 5.75 Å². The predicted molar refractivity (Wildman–Crippen MR) is 88.4 cm³/mol. The molecule has 0 radical (unpaired) electrons. The van der Waals surface area contributed by atoms with Gasteiger partial charge in [0.05, 0.1) is 13.2 Å².